The molecule has 1 fully saturated rings. The Morgan fingerprint density at radius 1 is 1.42 bits per heavy atom. The lowest BCUT2D eigenvalue weighted by Gasteiger charge is -2.17. The Morgan fingerprint density at radius 2 is 2.16 bits per heavy atom. The van der Waals surface area contributed by atoms with Crippen LogP contribution < -0.4 is 14.4 Å². The Bertz CT molecular complexity index is 444. The van der Waals surface area contributed by atoms with Gasteiger partial charge in [-0.15, -0.1) is 0 Å². The quantitative estimate of drug-likeness (QED) is 0.606. The fraction of sp³-hybridized carbons (Fsp3) is 0.533. The Hall–Kier alpha value is -1.71. The maximum Gasteiger partial charge on any atom is 0.162 e. The van der Waals surface area contributed by atoms with Crippen LogP contribution >= 0.6 is 0 Å². The van der Waals surface area contributed by atoms with E-state index in [0.29, 0.717) is 11.7 Å². The zero-order valence-corrected chi connectivity index (χ0v) is 11.8. The summed E-state index contributed by atoms with van der Waals surface area (Å²) in [6, 6.07) is 5.74. The van der Waals surface area contributed by atoms with E-state index < -0.39 is 0 Å². The predicted octanol–water partition coefficient (Wildman–Crippen LogP) is 3.16. The minimum Gasteiger partial charge on any atom is -0.493 e. The second-order valence-corrected chi connectivity index (χ2v) is 5.20. The van der Waals surface area contributed by atoms with Crippen LogP contribution in [-0.4, -0.2) is 27.1 Å². The number of methoxy groups -OCH3 is 1. The average molecular weight is 262 g/mol. The van der Waals surface area contributed by atoms with Crippen LogP contribution in [0.4, 0.5) is 5.69 Å². The van der Waals surface area contributed by atoms with Crippen LogP contribution in [0, 0.1) is 17.2 Å². The van der Waals surface area contributed by atoms with E-state index in [1.54, 1.807) is 12.0 Å². The summed E-state index contributed by atoms with van der Waals surface area (Å²) >= 11 is 0. The van der Waals surface area contributed by atoms with Gasteiger partial charge in [-0.1, -0.05) is 6.92 Å². The van der Waals surface area contributed by atoms with Gasteiger partial charge in [0.15, 0.2) is 11.5 Å². The molecule has 0 amide bonds. The maximum absolute atomic E-state index is 7.25. The number of anilines is 1. The van der Waals surface area contributed by atoms with E-state index >= 15 is 0 Å². The van der Waals surface area contributed by atoms with Gasteiger partial charge in [0.2, 0.25) is 0 Å². The average Bonchev–Trinajstić information content (AvgIpc) is 3.28. The first-order valence-electron chi connectivity index (χ1n) is 6.70. The summed E-state index contributed by atoms with van der Waals surface area (Å²) in [5.41, 5.74) is 0.912. The van der Waals surface area contributed by atoms with Crippen LogP contribution in [0.2, 0.25) is 0 Å². The standard InChI is InChI=1S/C15H22N2O2/c1-11(12-4-5-12)9-19-14-7-6-13(17(2)10-16)8-15(14)18-3/h6-8,10-12,16H,4-5,9H2,1-3H3. The molecule has 0 aliphatic heterocycles. The molecule has 0 radical (unpaired) electrons. The normalized spacial score (nSPS) is 15.7. The third kappa shape index (κ3) is 3.40. The van der Waals surface area contributed by atoms with Crippen molar-refractivity contribution in [2.24, 2.45) is 11.8 Å². The molecule has 1 unspecified atom stereocenters. The molecule has 1 atom stereocenters. The van der Waals surface area contributed by atoms with E-state index in [-0.39, 0.29) is 0 Å². The molecule has 4 heteroatoms. The summed E-state index contributed by atoms with van der Waals surface area (Å²) in [5.74, 6) is 2.94. The number of nitrogens with one attached hydrogen (secondary N) is 1. The number of hydrogen-bond donors (Lipinski definition) is 1. The van der Waals surface area contributed by atoms with E-state index in [0.717, 1.165) is 24.0 Å². The highest BCUT2D eigenvalue weighted by Crippen LogP contribution is 2.38. The number of nitrogens with zero attached hydrogens (tertiary/aromatic N) is 1. The highest BCUT2D eigenvalue weighted by atomic mass is 16.5. The van der Waals surface area contributed by atoms with Crippen molar-refractivity contribution in [3.8, 4) is 11.5 Å². The number of benzene rings is 1. The molecule has 104 valence electrons. The molecule has 1 N–H and O–H groups in total. The zero-order chi connectivity index (χ0) is 13.8. The Balaban J connectivity index is 2.04. The molecule has 1 aliphatic carbocycles. The SMILES string of the molecule is COc1cc(N(C)C=N)ccc1OCC(C)C1CC1. The third-order valence-electron chi connectivity index (χ3n) is 3.68. The van der Waals surface area contributed by atoms with Crippen molar-refractivity contribution < 1.29 is 9.47 Å². The first kappa shape index (κ1) is 13.7. The molecule has 2 rings (SSSR count). The molecule has 0 bridgehead atoms. The molecule has 0 aromatic heterocycles. The molecule has 1 aromatic carbocycles. The molecule has 0 spiro atoms. The van der Waals surface area contributed by atoms with Crippen molar-refractivity contribution >= 4 is 12.0 Å². The number of ether oxygens (including phenoxy) is 2. The summed E-state index contributed by atoms with van der Waals surface area (Å²) in [7, 11) is 3.47. The Kier molecular flexibility index (Phi) is 4.30. The van der Waals surface area contributed by atoms with Crippen molar-refractivity contribution in [3.05, 3.63) is 18.2 Å². The van der Waals surface area contributed by atoms with E-state index in [2.05, 4.69) is 6.92 Å². The third-order valence-corrected chi connectivity index (χ3v) is 3.68. The van der Waals surface area contributed by atoms with Crippen molar-refractivity contribution in [2.75, 3.05) is 25.7 Å². The van der Waals surface area contributed by atoms with Gasteiger partial charge in [-0.2, -0.15) is 0 Å². The number of hydrogen-bond acceptors (Lipinski definition) is 3. The Labute approximate surface area is 114 Å². The first-order chi connectivity index (χ1) is 9.15. The molecule has 19 heavy (non-hydrogen) atoms. The molecular formula is C15H22N2O2. The molecule has 0 saturated heterocycles. The molecule has 0 heterocycles. The Morgan fingerprint density at radius 3 is 2.74 bits per heavy atom. The van der Waals surface area contributed by atoms with Gasteiger partial charge in [0.25, 0.3) is 0 Å². The smallest absolute Gasteiger partial charge is 0.162 e. The highest BCUT2D eigenvalue weighted by molar-refractivity contribution is 5.77. The lowest BCUT2D eigenvalue weighted by atomic mass is 10.1. The molecule has 1 aromatic rings. The first-order valence-corrected chi connectivity index (χ1v) is 6.70. The fourth-order valence-electron chi connectivity index (χ4n) is 2.09. The van der Waals surface area contributed by atoms with E-state index in [9.17, 15) is 0 Å². The van der Waals surface area contributed by atoms with Crippen LogP contribution in [-0.2, 0) is 0 Å². The second kappa shape index (κ2) is 5.95. The van der Waals surface area contributed by atoms with Gasteiger partial charge in [0.1, 0.15) is 0 Å². The lowest BCUT2D eigenvalue weighted by molar-refractivity contribution is 0.234. The van der Waals surface area contributed by atoms with Gasteiger partial charge in [0, 0.05) is 18.8 Å². The summed E-state index contributed by atoms with van der Waals surface area (Å²) < 4.78 is 11.2. The monoisotopic (exact) mass is 262 g/mol. The fourth-order valence-corrected chi connectivity index (χ4v) is 2.09. The van der Waals surface area contributed by atoms with E-state index in [4.69, 9.17) is 14.9 Å². The lowest BCUT2D eigenvalue weighted by Crippen LogP contribution is -2.14. The van der Waals surface area contributed by atoms with E-state index in [1.807, 2.05) is 25.2 Å². The van der Waals surface area contributed by atoms with Crippen molar-refractivity contribution in [2.45, 2.75) is 19.8 Å². The van der Waals surface area contributed by atoms with Crippen molar-refractivity contribution in [1.29, 1.82) is 5.41 Å². The van der Waals surface area contributed by atoms with Gasteiger partial charge in [-0.25, -0.2) is 0 Å². The summed E-state index contributed by atoms with van der Waals surface area (Å²) in [6.07, 6.45) is 3.94. The van der Waals surface area contributed by atoms with Gasteiger partial charge in [-0.3, -0.25) is 5.41 Å². The molecular weight excluding hydrogens is 240 g/mol. The second-order valence-electron chi connectivity index (χ2n) is 5.20. The van der Waals surface area contributed by atoms with Gasteiger partial charge in [0.05, 0.1) is 20.1 Å². The number of rotatable bonds is 7. The van der Waals surface area contributed by atoms with Crippen LogP contribution in [0.3, 0.4) is 0 Å². The van der Waals surface area contributed by atoms with Gasteiger partial charge >= 0.3 is 0 Å². The molecule has 1 saturated carbocycles. The van der Waals surface area contributed by atoms with Crippen LogP contribution in [0.15, 0.2) is 18.2 Å². The molecule has 1 aliphatic rings. The summed E-state index contributed by atoms with van der Waals surface area (Å²) in [5, 5.41) is 7.25. The summed E-state index contributed by atoms with van der Waals surface area (Å²) in [4.78, 5) is 1.72. The largest absolute Gasteiger partial charge is 0.493 e. The topological polar surface area (TPSA) is 45.5 Å². The van der Waals surface area contributed by atoms with Crippen LogP contribution in [0.25, 0.3) is 0 Å². The van der Waals surface area contributed by atoms with Crippen LogP contribution in [0.1, 0.15) is 19.8 Å². The van der Waals surface area contributed by atoms with Gasteiger partial charge in [-0.05, 0) is 36.8 Å². The van der Waals surface area contributed by atoms with E-state index in [1.165, 1.54) is 19.2 Å². The highest BCUT2D eigenvalue weighted by Gasteiger charge is 2.28. The van der Waals surface area contributed by atoms with Gasteiger partial charge < -0.3 is 14.4 Å². The summed E-state index contributed by atoms with van der Waals surface area (Å²) in [6.45, 7) is 2.97. The van der Waals surface area contributed by atoms with Crippen molar-refractivity contribution in [1.82, 2.24) is 0 Å². The zero-order valence-electron chi connectivity index (χ0n) is 11.8. The maximum atomic E-state index is 7.25. The predicted molar refractivity (Wildman–Crippen MR) is 77.6 cm³/mol. The minimum atomic E-state index is 0.605. The minimum absolute atomic E-state index is 0.605. The van der Waals surface area contributed by atoms with Crippen molar-refractivity contribution in [3.63, 3.8) is 0 Å². The van der Waals surface area contributed by atoms with Crippen LogP contribution in [0.5, 0.6) is 11.5 Å². The molecule has 4 nitrogen and oxygen atoms in total.